The van der Waals surface area contributed by atoms with Gasteiger partial charge in [0.05, 0.1) is 0 Å². The molecule has 0 saturated carbocycles. The predicted octanol–water partition coefficient (Wildman–Crippen LogP) is 5.90. The molecule has 0 aliphatic carbocycles. The second-order valence-corrected chi connectivity index (χ2v) is 6.67. The molecule has 1 saturated heterocycles. The van der Waals surface area contributed by atoms with Crippen molar-refractivity contribution in [1.29, 1.82) is 0 Å². The molecular weight excluding hydrogens is 306 g/mol. The lowest BCUT2D eigenvalue weighted by Gasteiger charge is -2.35. The highest BCUT2D eigenvalue weighted by Gasteiger charge is 2.20. The lowest BCUT2D eigenvalue weighted by molar-refractivity contribution is 0.136. The van der Waals surface area contributed by atoms with Gasteiger partial charge in [0.15, 0.2) is 0 Å². The van der Waals surface area contributed by atoms with E-state index in [0.29, 0.717) is 0 Å². The first kappa shape index (κ1) is 16.4. The van der Waals surface area contributed by atoms with Crippen LogP contribution in [0.4, 0.5) is 0 Å². The molecule has 1 aliphatic heterocycles. The number of benzene rings is 2. The van der Waals surface area contributed by atoms with Crippen LogP contribution < -0.4 is 4.74 Å². The molecule has 122 valence electrons. The van der Waals surface area contributed by atoms with Gasteiger partial charge in [0, 0.05) is 17.6 Å². The van der Waals surface area contributed by atoms with Gasteiger partial charge in [-0.3, -0.25) is 4.90 Å². The summed E-state index contributed by atoms with van der Waals surface area (Å²) in [6, 6.07) is 16.6. The Morgan fingerprint density at radius 1 is 1.09 bits per heavy atom. The minimum absolute atomic E-state index is 0.724. The minimum atomic E-state index is 0.724. The average Bonchev–Trinajstić information content (AvgIpc) is 2.58. The molecule has 0 amide bonds. The SMILES string of the molecule is CC[C@@H]1CCCCN1Cc1cccc(Oc2ccc(Cl)cc2)c1. The maximum atomic E-state index is 5.94. The molecule has 1 atom stereocenters. The van der Waals surface area contributed by atoms with E-state index >= 15 is 0 Å². The zero-order valence-corrected chi connectivity index (χ0v) is 14.4. The normalized spacial score (nSPS) is 18.8. The number of ether oxygens (including phenoxy) is 1. The molecule has 3 rings (SSSR count). The van der Waals surface area contributed by atoms with Crippen molar-refractivity contribution in [2.45, 2.75) is 45.2 Å². The van der Waals surface area contributed by atoms with E-state index in [0.717, 1.165) is 29.1 Å². The first-order valence-corrected chi connectivity index (χ1v) is 8.89. The van der Waals surface area contributed by atoms with E-state index in [-0.39, 0.29) is 0 Å². The Balaban J connectivity index is 1.68. The van der Waals surface area contributed by atoms with Crippen molar-refractivity contribution >= 4 is 11.6 Å². The van der Waals surface area contributed by atoms with Crippen LogP contribution in [0.25, 0.3) is 0 Å². The zero-order chi connectivity index (χ0) is 16.1. The van der Waals surface area contributed by atoms with Gasteiger partial charge in [0.2, 0.25) is 0 Å². The largest absolute Gasteiger partial charge is 0.457 e. The summed E-state index contributed by atoms with van der Waals surface area (Å²) in [5.74, 6) is 1.70. The van der Waals surface area contributed by atoms with E-state index in [2.05, 4.69) is 30.0 Å². The summed E-state index contributed by atoms with van der Waals surface area (Å²) in [4.78, 5) is 2.62. The lowest BCUT2D eigenvalue weighted by Crippen LogP contribution is -2.38. The molecule has 0 aromatic heterocycles. The monoisotopic (exact) mass is 329 g/mol. The first-order valence-electron chi connectivity index (χ1n) is 8.51. The molecule has 2 aromatic carbocycles. The summed E-state index contributed by atoms with van der Waals surface area (Å²) < 4.78 is 5.94. The van der Waals surface area contributed by atoms with Gasteiger partial charge in [-0.25, -0.2) is 0 Å². The molecule has 3 heteroatoms. The number of hydrogen-bond acceptors (Lipinski definition) is 2. The van der Waals surface area contributed by atoms with Crippen molar-refractivity contribution in [3.8, 4) is 11.5 Å². The van der Waals surface area contributed by atoms with Crippen molar-refractivity contribution in [3.63, 3.8) is 0 Å². The van der Waals surface area contributed by atoms with Crippen LogP contribution in [0.1, 0.15) is 38.2 Å². The Kier molecular flexibility index (Phi) is 5.58. The number of halogens is 1. The van der Waals surface area contributed by atoms with E-state index in [4.69, 9.17) is 16.3 Å². The molecular formula is C20H24ClNO. The fraction of sp³-hybridized carbons (Fsp3) is 0.400. The summed E-state index contributed by atoms with van der Waals surface area (Å²) >= 11 is 5.91. The fourth-order valence-corrected chi connectivity index (χ4v) is 3.44. The third kappa shape index (κ3) is 4.49. The number of hydrogen-bond donors (Lipinski definition) is 0. The summed E-state index contributed by atoms with van der Waals surface area (Å²) in [6.07, 6.45) is 5.25. The van der Waals surface area contributed by atoms with Gasteiger partial charge in [0.25, 0.3) is 0 Å². The molecule has 1 heterocycles. The average molecular weight is 330 g/mol. The molecule has 2 nitrogen and oxygen atoms in total. The molecule has 0 spiro atoms. The fourth-order valence-electron chi connectivity index (χ4n) is 3.31. The number of nitrogens with zero attached hydrogens (tertiary/aromatic N) is 1. The molecule has 0 radical (unpaired) electrons. The van der Waals surface area contributed by atoms with Crippen LogP contribution in [0.2, 0.25) is 5.02 Å². The third-order valence-corrected chi connectivity index (χ3v) is 4.81. The molecule has 0 unspecified atom stereocenters. The molecule has 1 aliphatic rings. The van der Waals surface area contributed by atoms with Crippen LogP contribution in [0.15, 0.2) is 48.5 Å². The van der Waals surface area contributed by atoms with E-state index < -0.39 is 0 Å². The maximum absolute atomic E-state index is 5.94. The third-order valence-electron chi connectivity index (χ3n) is 4.55. The Morgan fingerprint density at radius 3 is 2.70 bits per heavy atom. The molecule has 0 N–H and O–H groups in total. The predicted molar refractivity (Wildman–Crippen MR) is 96.3 cm³/mol. The van der Waals surface area contributed by atoms with Crippen LogP contribution in [0.5, 0.6) is 11.5 Å². The van der Waals surface area contributed by atoms with Crippen molar-refractivity contribution in [2.24, 2.45) is 0 Å². The standard InChI is InChI=1S/C20H24ClNO/c1-2-18-7-3-4-13-22(18)15-16-6-5-8-20(14-16)23-19-11-9-17(21)10-12-19/h5-6,8-12,14,18H,2-4,7,13,15H2,1H3/t18-/m1/s1. The van der Waals surface area contributed by atoms with Gasteiger partial charge in [-0.1, -0.05) is 37.1 Å². The van der Waals surface area contributed by atoms with E-state index in [1.807, 2.05) is 30.3 Å². The Hall–Kier alpha value is -1.51. The zero-order valence-electron chi connectivity index (χ0n) is 13.7. The van der Waals surface area contributed by atoms with Crippen LogP contribution >= 0.6 is 11.6 Å². The highest BCUT2D eigenvalue weighted by Crippen LogP contribution is 2.26. The van der Waals surface area contributed by atoms with Crippen molar-refractivity contribution in [1.82, 2.24) is 4.90 Å². The lowest BCUT2D eigenvalue weighted by atomic mass is 9.99. The van der Waals surface area contributed by atoms with Crippen LogP contribution in [-0.2, 0) is 6.54 Å². The van der Waals surface area contributed by atoms with Crippen molar-refractivity contribution in [2.75, 3.05) is 6.54 Å². The number of rotatable bonds is 5. The van der Waals surface area contributed by atoms with Gasteiger partial charge in [-0.05, 0) is 67.8 Å². The summed E-state index contributed by atoms with van der Waals surface area (Å²) in [6.45, 7) is 4.51. The summed E-state index contributed by atoms with van der Waals surface area (Å²) in [5, 5.41) is 0.724. The van der Waals surface area contributed by atoms with Crippen LogP contribution in [0, 0.1) is 0 Å². The quantitative estimate of drug-likeness (QED) is 0.677. The smallest absolute Gasteiger partial charge is 0.127 e. The number of piperidine rings is 1. The van der Waals surface area contributed by atoms with Gasteiger partial charge in [-0.15, -0.1) is 0 Å². The van der Waals surface area contributed by atoms with Crippen LogP contribution in [-0.4, -0.2) is 17.5 Å². The highest BCUT2D eigenvalue weighted by molar-refractivity contribution is 6.30. The maximum Gasteiger partial charge on any atom is 0.127 e. The second kappa shape index (κ2) is 7.85. The molecule has 0 bridgehead atoms. The van der Waals surface area contributed by atoms with Gasteiger partial charge in [0.1, 0.15) is 11.5 Å². The Morgan fingerprint density at radius 2 is 1.91 bits per heavy atom. The summed E-state index contributed by atoms with van der Waals surface area (Å²) in [7, 11) is 0. The van der Waals surface area contributed by atoms with E-state index in [1.54, 1.807) is 0 Å². The van der Waals surface area contributed by atoms with Gasteiger partial charge < -0.3 is 4.74 Å². The van der Waals surface area contributed by atoms with E-state index in [1.165, 1.54) is 37.8 Å². The molecule has 1 fully saturated rings. The Labute approximate surface area is 144 Å². The summed E-state index contributed by atoms with van der Waals surface area (Å²) in [5.41, 5.74) is 1.32. The van der Waals surface area contributed by atoms with Crippen molar-refractivity contribution < 1.29 is 4.74 Å². The van der Waals surface area contributed by atoms with E-state index in [9.17, 15) is 0 Å². The van der Waals surface area contributed by atoms with Crippen molar-refractivity contribution in [3.05, 3.63) is 59.1 Å². The second-order valence-electron chi connectivity index (χ2n) is 6.23. The van der Waals surface area contributed by atoms with Crippen LogP contribution in [0.3, 0.4) is 0 Å². The minimum Gasteiger partial charge on any atom is -0.457 e. The number of likely N-dealkylation sites (tertiary alicyclic amines) is 1. The van der Waals surface area contributed by atoms with Gasteiger partial charge in [-0.2, -0.15) is 0 Å². The van der Waals surface area contributed by atoms with Gasteiger partial charge >= 0.3 is 0 Å². The first-order chi connectivity index (χ1) is 11.2. The highest BCUT2D eigenvalue weighted by atomic mass is 35.5. The molecule has 23 heavy (non-hydrogen) atoms. The topological polar surface area (TPSA) is 12.5 Å². The Bertz CT molecular complexity index is 626. The molecule has 2 aromatic rings.